The molecule has 0 radical (unpaired) electrons. The standard InChI is InChI=1S/C23H29N3O4S/c1-17-7-8-18(2)21(15-17)24-22(27)16-25(3)23(28)19-9-11-20(12-10-19)31(29,30)26-13-5-4-6-14-26/h7-12,15H,4-6,13-14,16H2,1-3H3,(H,24,27). The molecule has 0 spiro atoms. The molecule has 1 N–H and O–H groups in total. The number of anilines is 1. The van der Waals surface area contributed by atoms with Crippen LogP contribution >= 0.6 is 0 Å². The number of hydrogen-bond acceptors (Lipinski definition) is 4. The van der Waals surface area contributed by atoms with Crippen molar-refractivity contribution < 1.29 is 18.0 Å². The predicted molar refractivity (Wildman–Crippen MR) is 121 cm³/mol. The molecule has 0 aromatic heterocycles. The number of rotatable bonds is 6. The van der Waals surface area contributed by atoms with E-state index in [9.17, 15) is 18.0 Å². The summed E-state index contributed by atoms with van der Waals surface area (Å²) in [6, 6.07) is 11.7. The largest absolute Gasteiger partial charge is 0.332 e. The van der Waals surface area contributed by atoms with Gasteiger partial charge in [-0.05, 0) is 68.1 Å². The number of nitrogens with one attached hydrogen (secondary N) is 1. The van der Waals surface area contributed by atoms with E-state index in [2.05, 4.69) is 5.32 Å². The Labute approximate surface area is 184 Å². The minimum absolute atomic E-state index is 0.111. The van der Waals surface area contributed by atoms with Gasteiger partial charge in [0.2, 0.25) is 15.9 Å². The van der Waals surface area contributed by atoms with Crippen LogP contribution in [0.4, 0.5) is 5.69 Å². The highest BCUT2D eigenvalue weighted by molar-refractivity contribution is 7.89. The molecule has 1 aliphatic heterocycles. The van der Waals surface area contributed by atoms with Gasteiger partial charge >= 0.3 is 0 Å². The molecule has 166 valence electrons. The van der Waals surface area contributed by atoms with Gasteiger partial charge in [0, 0.05) is 31.4 Å². The molecule has 31 heavy (non-hydrogen) atoms. The average molecular weight is 444 g/mol. The third-order valence-corrected chi connectivity index (χ3v) is 7.36. The topological polar surface area (TPSA) is 86.8 Å². The first-order valence-electron chi connectivity index (χ1n) is 10.4. The zero-order valence-corrected chi connectivity index (χ0v) is 19.0. The van der Waals surface area contributed by atoms with E-state index in [-0.39, 0.29) is 23.3 Å². The van der Waals surface area contributed by atoms with E-state index in [1.165, 1.54) is 33.5 Å². The van der Waals surface area contributed by atoms with Gasteiger partial charge in [-0.1, -0.05) is 18.6 Å². The van der Waals surface area contributed by atoms with Crippen LogP contribution in [0.2, 0.25) is 0 Å². The van der Waals surface area contributed by atoms with Crippen molar-refractivity contribution in [2.45, 2.75) is 38.0 Å². The number of likely N-dealkylation sites (N-methyl/N-ethyl adjacent to an activating group) is 1. The number of amides is 2. The van der Waals surface area contributed by atoms with Crippen molar-refractivity contribution in [1.82, 2.24) is 9.21 Å². The second-order valence-corrected chi connectivity index (χ2v) is 9.95. The maximum atomic E-state index is 12.8. The lowest BCUT2D eigenvalue weighted by molar-refractivity contribution is -0.116. The second kappa shape index (κ2) is 9.62. The molecule has 0 atom stereocenters. The monoisotopic (exact) mass is 443 g/mol. The van der Waals surface area contributed by atoms with E-state index in [0.717, 1.165) is 36.1 Å². The van der Waals surface area contributed by atoms with E-state index in [1.54, 1.807) is 7.05 Å². The van der Waals surface area contributed by atoms with Crippen LogP contribution in [0.3, 0.4) is 0 Å². The number of piperidine rings is 1. The fourth-order valence-corrected chi connectivity index (χ4v) is 5.11. The van der Waals surface area contributed by atoms with Crippen LogP contribution in [0.25, 0.3) is 0 Å². The highest BCUT2D eigenvalue weighted by Crippen LogP contribution is 2.21. The van der Waals surface area contributed by atoms with Gasteiger partial charge in [-0.2, -0.15) is 4.31 Å². The van der Waals surface area contributed by atoms with Crippen molar-refractivity contribution in [2.24, 2.45) is 0 Å². The van der Waals surface area contributed by atoms with Gasteiger partial charge in [0.15, 0.2) is 0 Å². The summed E-state index contributed by atoms with van der Waals surface area (Å²) in [5.74, 6) is -0.646. The summed E-state index contributed by atoms with van der Waals surface area (Å²) in [5.41, 5.74) is 3.03. The Balaban J connectivity index is 1.64. The van der Waals surface area contributed by atoms with E-state index in [4.69, 9.17) is 0 Å². The van der Waals surface area contributed by atoms with Gasteiger partial charge < -0.3 is 10.2 Å². The van der Waals surface area contributed by atoms with Crippen LogP contribution in [0.5, 0.6) is 0 Å². The first-order valence-corrected chi connectivity index (χ1v) is 11.9. The number of benzene rings is 2. The maximum Gasteiger partial charge on any atom is 0.254 e. The lowest BCUT2D eigenvalue weighted by Gasteiger charge is -2.26. The summed E-state index contributed by atoms with van der Waals surface area (Å²) in [4.78, 5) is 26.6. The number of hydrogen-bond donors (Lipinski definition) is 1. The van der Waals surface area contributed by atoms with Gasteiger partial charge in [0.1, 0.15) is 0 Å². The highest BCUT2D eigenvalue weighted by Gasteiger charge is 2.26. The number of aryl methyl sites for hydroxylation is 2. The molecule has 1 aliphatic rings. The van der Waals surface area contributed by atoms with E-state index in [1.807, 2.05) is 32.0 Å². The van der Waals surface area contributed by atoms with Crippen molar-refractivity contribution in [2.75, 3.05) is 32.0 Å². The summed E-state index contributed by atoms with van der Waals surface area (Å²) in [6.45, 7) is 4.80. The molecule has 2 aromatic carbocycles. The molecular formula is C23H29N3O4S. The lowest BCUT2D eigenvalue weighted by Crippen LogP contribution is -2.36. The van der Waals surface area contributed by atoms with E-state index >= 15 is 0 Å². The number of carbonyl (C=O) groups excluding carboxylic acids is 2. The third-order valence-electron chi connectivity index (χ3n) is 5.45. The fraction of sp³-hybridized carbons (Fsp3) is 0.391. The highest BCUT2D eigenvalue weighted by atomic mass is 32.2. The van der Waals surface area contributed by atoms with Crippen molar-refractivity contribution in [1.29, 1.82) is 0 Å². The summed E-state index contributed by atoms with van der Waals surface area (Å²) >= 11 is 0. The molecule has 7 nitrogen and oxygen atoms in total. The minimum atomic E-state index is -3.54. The number of nitrogens with zero attached hydrogens (tertiary/aromatic N) is 2. The SMILES string of the molecule is Cc1ccc(C)c(NC(=O)CN(C)C(=O)c2ccc(S(=O)(=O)N3CCCCC3)cc2)c1. The van der Waals surface area contributed by atoms with Crippen LogP contribution in [-0.4, -0.2) is 56.1 Å². The summed E-state index contributed by atoms with van der Waals surface area (Å²) < 4.78 is 27.0. The van der Waals surface area contributed by atoms with Gasteiger partial charge in [-0.15, -0.1) is 0 Å². The first-order chi connectivity index (χ1) is 14.7. The lowest BCUT2D eigenvalue weighted by atomic mass is 10.1. The van der Waals surface area contributed by atoms with E-state index in [0.29, 0.717) is 18.7 Å². The first kappa shape index (κ1) is 23.0. The van der Waals surface area contributed by atoms with Crippen LogP contribution in [0.15, 0.2) is 47.4 Å². The molecule has 0 unspecified atom stereocenters. The van der Waals surface area contributed by atoms with Crippen molar-refractivity contribution in [3.63, 3.8) is 0 Å². The molecule has 8 heteroatoms. The van der Waals surface area contributed by atoms with Gasteiger partial charge in [-0.3, -0.25) is 9.59 Å². The maximum absolute atomic E-state index is 12.8. The minimum Gasteiger partial charge on any atom is -0.332 e. The predicted octanol–water partition coefficient (Wildman–Crippen LogP) is 3.19. The van der Waals surface area contributed by atoms with Crippen molar-refractivity contribution in [3.8, 4) is 0 Å². The smallest absolute Gasteiger partial charge is 0.254 e. The van der Waals surface area contributed by atoms with Gasteiger partial charge in [-0.25, -0.2) is 8.42 Å². The fourth-order valence-electron chi connectivity index (χ4n) is 3.59. The number of sulfonamides is 1. The second-order valence-electron chi connectivity index (χ2n) is 8.02. The molecular weight excluding hydrogens is 414 g/mol. The van der Waals surface area contributed by atoms with E-state index < -0.39 is 10.0 Å². The van der Waals surface area contributed by atoms with Crippen LogP contribution in [0.1, 0.15) is 40.7 Å². The van der Waals surface area contributed by atoms with Crippen LogP contribution < -0.4 is 5.32 Å². The molecule has 0 saturated carbocycles. The molecule has 1 heterocycles. The molecule has 1 fully saturated rings. The Morgan fingerprint density at radius 2 is 1.65 bits per heavy atom. The zero-order chi connectivity index (χ0) is 22.6. The normalized spacial score (nSPS) is 14.8. The van der Waals surface area contributed by atoms with Gasteiger partial charge in [0.05, 0.1) is 11.4 Å². The Kier molecular flexibility index (Phi) is 7.12. The molecule has 2 amide bonds. The third kappa shape index (κ3) is 5.51. The van der Waals surface area contributed by atoms with Crippen LogP contribution in [0, 0.1) is 13.8 Å². The quantitative estimate of drug-likeness (QED) is 0.743. The molecule has 0 aliphatic carbocycles. The Bertz CT molecular complexity index is 1060. The number of carbonyl (C=O) groups is 2. The average Bonchev–Trinajstić information content (AvgIpc) is 2.76. The molecule has 1 saturated heterocycles. The van der Waals surface area contributed by atoms with Crippen molar-refractivity contribution in [3.05, 3.63) is 59.2 Å². The summed E-state index contributed by atoms with van der Waals surface area (Å²) in [7, 11) is -2.00. The molecule has 3 rings (SSSR count). The van der Waals surface area contributed by atoms with Gasteiger partial charge in [0.25, 0.3) is 5.91 Å². The Morgan fingerprint density at radius 1 is 1.00 bits per heavy atom. The molecule has 0 bridgehead atoms. The summed E-state index contributed by atoms with van der Waals surface area (Å²) in [5, 5.41) is 2.84. The summed E-state index contributed by atoms with van der Waals surface area (Å²) in [6.07, 6.45) is 2.78. The zero-order valence-electron chi connectivity index (χ0n) is 18.2. The molecule has 2 aromatic rings. The van der Waals surface area contributed by atoms with Crippen LogP contribution in [-0.2, 0) is 14.8 Å². The Hall–Kier alpha value is -2.71. The van der Waals surface area contributed by atoms with Crippen molar-refractivity contribution >= 4 is 27.5 Å². The Morgan fingerprint density at radius 3 is 2.29 bits per heavy atom.